The fourth-order valence-electron chi connectivity index (χ4n) is 3.04. The van der Waals surface area contributed by atoms with Gasteiger partial charge in [-0.15, -0.1) is 10.2 Å². The van der Waals surface area contributed by atoms with Gasteiger partial charge in [-0.3, -0.25) is 9.69 Å². The molecule has 1 aromatic carbocycles. The van der Waals surface area contributed by atoms with Crippen molar-refractivity contribution in [2.24, 2.45) is 0 Å². The van der Waals surface area contributed by atoms with E-state index in [2.05, 4.69) is 52.8 Å². The fraction of sp³-hybridized carbons (Fsp3) is 0.500. The van der Waals surface area contributed by atoms with Gasteiger partial charge in [0.2, 0.25) is 0 Å². The van der Waals surface area contributed by atoms with E-state index in [4.69, 9.17) is 4.74 Å². The summed E-state index contributed by atoms with van der Waals surface area (Å²) in [5.41, 5.74) is 1.19. The maximum atomic E-state index is 11.8. The molecule has 1 aromatic heterocycles. The lowest BCUT2D eigenvalue weighted by atomic mass is 10.2. The van der Waals surface area contributed by atoms with Crippen LogP contribution in [0.1, 0.15) is 37.2 Å². The molecule has 0 bridgehead atoms. The molecule has 1 aliphatic heterocycles. The van der Waals surface area contributed by atoms with Crippen LogP contribution in [-0.2, 0) is 16.1 Å². The first-order chi connectivity index (χ1) is 12.1. The number of hydrogen-bond donors (Lipinski definition) is 0. The summed E-state index contributed by atoms with van der Waals surface area (Å²) in [6, 6.07) is 10.4. The Hall–Kier alpha value is -1.86. The number of hydrogen-bond acceptors (Lipinski definition) is 6. The Kier molecular flexibility index (Phi) is 5.75. The number of thioether (sulfide) groups is 1. The van der Waals surface area contributed by atoms with Crippen LogP contribution in [0.3, 0.4) is 0 Å². The maximum Gasteiger partial charge on any atom is 0.319 e. The van der Waals surface area contributed by atoms with Crippen molar-refractivity contribution in [3.8, 4) is 0 Å². The lowest BCUT2D eigenvalue weighted by Gasteiger charge is -2.23. The van der Waals surface area contributed by atoms with Crippen LogP contribution in [0.15, 0.2) is 35.5 Å². The molecule has 1 saturated heterocycles. The molecule has 0 unspecified atom stereocenters. The SMILES string of the molecule is CC[C@@H](c1nnc(S[C@@H]2CCOC2=O)n1Cc1ccccc1)N(C)C. The average Bonchev–Trinajstić information content (AvgIpc) is 3.17. The Labute approximate surface area is 152 Å². The normalized spacial score (nSPS) is 18.6. The molecule has 0 radical (unpaired) electrons. The zero-order valence-electron chi connectivity index (χ0n) is 14.9. The number of carbonyl (C=O) groups excluding carboxylic acids is 1. The molecule has 1 aliphatic rings. The van der Waals surface area contributed by atoms with Crippen molar-refractivity contribution in [2.75, 3.05) is 20.7 Å². The molecule has 2 heterocycles. The second kappa shape index (κ2) is 8.01. The minimum atomic E-state index is -0.189. The summed E-state index contributed by atoms with van der Waals surface area (Å²) in [6.45, 7) is 3.33. The third kappa shape index (κ3) is 4.04. The Morgan fingerprint density at radius 1 is 1.32 bits per heavy atom. The van der Waals surface area contributed by atoms with Crippen molar-refractivity contribution < 1.29 is 9.53 Å². The first-order valence-corrected chi connectivity index (χ1v) is 9.44. The number of rotatable bonds is 7. The summed E-state index contributed by atoms with van der Waals surface area (Å²) in [4.78, 5) is 14.0. The molecule has 2 aromatic rings. The highest BCUT2D eigenvalue weighted by molar-refractivity contribution is 8.00. The van der Waals surface area contributed by atoms with Crippen LogP contribution in [0.25, 0.3) is 0 Å². The number of cyclic esters (lactones) is 1. The summed E-state index contributed by atoms with van der Waals surface area (Å²) in [6.07, 6.45) is 1.66. The van der Waals surface area contributed by atoms with Crippen LogP contribution in [0.2, 0.25) is 0 Å². The van der Waals surface area contributed by atoms with E-state index in [0.717, 1.165) is 23.8 Å². The van der Waals surface area contributed by atoms with Crippen LogP contribution < -0.4 is 0 Å². The molecule has 25 heavy (non-hydrogen) atoms. The lowest BCUT2D eigenvalue weighted by molar-refractivity contribution is -0.137. The fourth-order valence-corrected chi connectivity index (χ4v) is 4.04. The van der Waals surface area contributed by atoms with E-state index in [1.165, 1.54) is 17.3 Å². The topological polar surface area (TPSA) is 60.3 Å². The van der Waals surface area contributed by atoms with E-state index in [0.29, 0.717) is 13.2 Å². The Balaban J connectivity index is 1.93. The van der Waals surface area contributed by atoms with Crippen LogP contribution in [0.5, 0.6) is 0 Å². The van der Waals surface area contributed by atoms with Crippen molar-refractivity contribution >= 4 is 17.7 Å². The second-order valence-corrected chi connectivity index (χ2v) is 7.53. The highest BCUT2D eigenvalue weighted by Crippen LogP contribution is 2.31. The van der Waals surface area contributed by atoms with E-state index in [9.17, 15) is 4.79 Å². The van der Waals surface area contributed by atoms with Gasteiger partial charge in [0.15, 0.2) is 11.0 Å². The van der Waals surface area contributed by atoms with Crippen LogP contribution in [0, 0.1) is 0 Å². The van der Waals surface area contributed by atoms with Gasteiger partial charge in [-0.1, -0.05) is 49.0 Å². The largest absolute Gasteiger partial charge is 0.465 e. The van der Waals surface area contributed by atoms with E-state index in [-0.39, 0.29) is 17.3 Å². The number of ether oxygens (including phenoxy) is 1. The van der Waals surface area contributed by atoms with E-state index < -0.39 is 0 Å². The van der Waals surface area contributed by atoms with Crippen molar-refractivity contribution in [3.05, 3.63) is 41.7 Å². The third-order valence-corrected chi connectivity index (χ3v) is 5.60. The molecule has 0 spiro atoms. The second-order valence-electron chi connectivity index (χ2n) is 6.36. The first-order valence-electron chi connectivity index (χ1n) is 8.57. The summed E-state index contributed by atoms with van der Waals surface area (Å²) in [5.74, 6) is 0.783. The quantitative estimate of drug-likeness (QED) is 0.708. The number of esters is 1. The lowest BCUT2D eigenvalue weighted by Crippen LogP contribution is -2.23. The zero-order valence-corrected chi connectivity index (χ0v) is 15.7. The molecular formula is C18H24N4O2S. The minimum absolute atomic E-state index is 0.152. The molecule has 134 valence electrons. The van der Waals surface area contributed by atoms with Crippen molar-refractivity contribution in [1.82, 2.24) is 19.7 Å². The van der Waals surface area contributed by atoms with E-state index in [1.54, 1.807) is 0 Å². The summed E-state index contributed by atoms with van der Waals surface area (Å²) in [5, 5.41) is 9.46. The molecule has 2 atom stereocenters. The van der Waals surface area contributed by atoms with Crippen LogP contribution >= 0.6 is 11.8 Å². The van der Waals surface area contributed by atoms with E-state index in [1.807, 2.05) is 18.2 Å². The van der Waals surface area contributed by atoms with Crippen molar-refractivity contribution in [3.63, 3.8) is 0 Å². The van der Waals surface area contributed by atoms with Gasteiger partial charge >= 0.3 is 5.97 Å². The van der Waals surface area contributed by atoms with Gasteiger partial charge in [0.1, 0.15) is 5.25 Å². The maximum absolute atomic E-state index is 11.8. The first kappa shape index (κ1) is 17.9. The predicted octanol–water partition coefficient (Wildman–Crippen LogP) is 2.75. The summed E-state index contributed by atoms with van der Waals surface area (Å²) < 4.78 is 7.22. The smallest absolute Gasteiger partial charge is 0.319 e. The highest BCUT2D eigenvalue weighted by atomic mass is 32.2. The molecule has 0 amide bonds. The molecule has 0 aliphatic carbocycles. The minimum Gasteiger partial charge on any atom is -0.465 e. The molecule has 0 N–H and O–H groups in total. The van der Waals surface area contributed by atoms with Crippen LogP contribution in [-0.4, -0.2) is 51.6 Å². The van der Waals surface area contributed by atoms with Gasteiger partial charge in [0, 0.05) is 6.42 Å². The molecule has 0 saturated carbocycles. The summed E-state index contributed by atoms with van der Waals surface area (Å²) in [7, 11) is 4.10. The molecule has 3 rings (SSSR count). The van der Waals surface area contributed by atoms with Gasteiger partial charge in [-0.2, -0.15) is 0 Å². The Morgan fingerprint density at radius 3 is 2.68 bits per heavy atom. The van der Waals surface area contributed by atoms with Gasteiger partial charge in [0.05, 0.1) is 19.2 Å². The van der Waals surface area contributed by atoms with Crippen molar-refractivity contribution in [1.29, 1.82) is 0 Å². The zero-order chi connectivity index (χ0) is 17.8. The molecule has 6 nitrogen and oxygen atoms in total. The van der Waals surface area contributed by atoms with Gasteiger partial charge in [-0.25, -0.2) is 0 Å². The third-order valence-electron chi connectivity index (χ3n) is 4.37. The van der Waals surface area contributed by atoms with Gasteiger partial charge in [0.25, 0.3) is 0 Å². The molecular weight excluding hydrogens is 336 g/mol. The summed E-state index contributed by atoms with van der Waals surface area (Å²) >= 11 is 1.46. The van der Waals surface area contributed by atoms with Crippen LogP contribution in [0.4, 0.5) is 0 Å². The Morgan fingerprint density at radius 2 is 2.08 bits per heavy atom. The van der Waals surface area contributed by atoms with E-state index >= 15 is 0 Å². The monoisotopic (exact) mass is 360 g/mol. The number of benzene rings is 1. The Bertz CT molecular complexity index is 717. The molecule has 1 fully saturated rings. The molecule has 7 heteroatoms. The number of aromatic nitrogens is 3. The highest BCUT2D eigenvalue weighted by Gasteiger charge is 2.31. The number of carbonyl (C=O) groups is 1. The standard InChI is InChI=1S/C18H24N4O2S/c1-4-14(21(2)3)16-19-20-18(25-15-10-11-24-17(15)23)22(16)12-13-8-6-5-7-9-13/h5-9,14-15H,4,10-12H2,1-3H3/t14-,15+/m0/s1. The number of nitrogens with zero attached hydrogens (tertiary/aromatic N) is 4. The van der Waals surface area contributed by atoms with Gasteiger partial charge < -0.3 is 9.30 Å². The predicted molar refractivity (Wildman–Crippen MR) is 97.5 cm³/mol. The van der Waals surface area contributed by atoms with Gasteiger partial charge in [-0.05, 0) is 26.1 Å². The average molecular weight is 360 g/mol. The van der Waals surface area contributed by atoms with Crippen molar-refractivity contribution in [2.45, 2.75) is 42.8 Å².